The number of hydrogen-bond donors (Lipinski definition) is 2. The molecule has 1 unspecified atom stereocenters. The highest BCUT2D eigenvalue weighted by atomic mass is 32.2. The second-order valence-electron chi connectivity index (χ2n) is 9.82. The zero-order valence-electron chi connectivity index (χ0n) is 23.6. The van der Waals surface area contributed by atoms with Crippen LogP contribution < -0.4 is 5.32 Å². The molecule has 1 amide bonds. The maximum absolute atomic E-state index is 11.4. The van der Waals surface area contributed by atoms with E-state index in [4.69, 9.17) is 4.42 Å². The van der Waals surface area contributed by atoms with Gasteiger partial charge in [-0.15, -0.1) is 0 Å². The number of nitrogens with one attached hydrogen (secondary N) is 1. The average molecular weight is 567 g/mol. The number of rotatable bonds is 6. The molecule has 1 atom stereocenters. The second kappa shape index (κ2) is 15.1. The number of nitrogens with zero attached hydrogens (tertiary/aromatic N) is 4. The number of likely N-dealkylation sites (N-methyl/N-ethyl adjacent to an activating group) is 1. The third-order valence-electron chi connectivity index (χ3n) is 6.61. The Hall–Kier alpha value is -2.85. The van der Waals surface area contributed by atoms with Crippen LogP contribution in [0, 0.1) is 6.92 Å². The van der Waals surface area contributed by atoms with Gasteiger partial charge in [0.05, 0.1) is 13.6 Å². The minimum Gasteiger partial charge on any atom is -0.465 e. The van der Waals surface area contributed by atoms with E-state index in [2.05, 4.69) is 76.3 Å². The summed E-state index contributed by atoms with van der Waals surface area (Å²) in [7, 11) is 4.05. The first-order valence-corrected chi connectivity index (χ1v) is 15.0. The van der Waals surface area contributed by atoms with Crippen molar-refractivity contribution >= 4 is 48.4 Å². The van der Waals surface area contributed by atoms with Crippen molar-refractivity contribution in [1.82, 2.24) is 14.9 Å². The van der Waals surface area contributed by atoms with Gasteiger partial charge in [0.1, 0.15) is 29.5 Å². The van der Waals surface area contributed by atoms with Crippen molar-refractivity contribution < 1.29 is 13.7 Å². The summed E-state index contributed by atoms with van der Waals surface area (Å²) < 4.78 is 5.73. The lowest BCUT2D eigenvalue weighted by atomic mass is 10.0. The summed E-state index contributed by atoms with van der Waals surface area (Å²) >= 11 is 5.60. The Morgan fingerprint density at radius 3 is 2.56 bits per heavy atom. The minimum atomic E-state index is 0.223. The molecule has 0 saturated carbocycles. The second-order valence-corrected chi connectivity index (χ2v) is 11.4. The smallest absolute Gasteiger partial charge is 0.306 e. The Morgan fingerprint density at radius 1 is 1.21 bits per heavy atom. The molecule has 2 aliphatic rings. The van der Waals surface area contributed by atoms with Gasteiger partial charge in [-0.2, -0.15) is 24.4 Å². The first-order chi connectivity index (χ1) is 18.8. The van der Waals surface area contributed by atoms with Crippen LogP contribution in [0.25, 0.3) is 11.6 Å². The van der Waals surface area contributed by atoms with Crippen LogP contribution in [0.15, 0.2) is 64.9 Å². The number of thiol groups is 1. The molecule has 1 N–H and O–H groups in total. The molecule has 5 rings (SSSR count). The van der Waals surface area contributed by atoms with E-state index in [1.807, 2.05) is 45.4 Å². The summed E-state index contributed by atoms with van der Waals surface area (Å²) in [5.74, 6) is 2.25. The standard InChI is InChI=1S/C16H19N4O2.C12H15N.C2H6S2/c1-11-6-13-7-17-16(18-8-14-5-4-12(2)22-14)19-15(13)9-20(11,3)10-21;1-13-9-5-8-12(10-13)11-6-3-2-4-7-11;1-4-2-3/h4-7,10H,8-9H2,1-3H3,(H,17,18,19);2-4,6-8H,5,9-10H2,1H3;3H,2H2,1H3/q+1;;. The van der Waals surface area contributed by atoms with Gasteiger partial charge in [-0.3, -0.25) is 0 Å². The molecule has 0 bridgehead atoms. The number of furan rings is 1. The Balaban J connectivity index is 0.000000209. The number of fused-ring (bicyclic) bond motifs is 1. The maximum Gasteiger partial charge on any atom is 0.306 e. The fraction of sp³-hybridized carbons (Fsp3) is 0.367. The topological polar surface area (TPSA) is 71.3 Å². The number of anilines is 1. The van der Waals surface area contributed by atoms with Crippen LogP contribution >= 0.6 is 24.4 Å². The highest BCUT2D eigenvalue weighted by molar-refractivity contribution is 8.08. The third kappa shape index (κ3) is 9.10. The monoisotopic (exact) mass is 566 g/mol. The van der Waals surface area contributed by atoms with Gasteiger partial charge in [-0.25, -0.2) is 19.2 Å². The molecule has 0 saturated heterocycles. The highest BCUT2D eigenvalue weighted by Gasteiger charge is 2.31. The molecule has 3 aromatic rings. The van der Waals surface area contributed by atoms with E-state index in [0.29, 0.717) is 19.0 Å². The van der Waals surface area contributed by atoms with E-state index in [1.165, 1.54) is 24.1 Å². The van der Waals surface area contributed by atoms with Crippen LogP contribution in [-0.2, 0) is 17.9 Å². The summed E-state index contributed by atoms with van der Waals surface area (Å²) in [5, 5.41) is 4.08. The lowest BCUT2D eigenvalue weighted by Gasteiger charge is -2.30. The summed E-state index contributed by atoms with van der Waals surface area (Å²) in [6.07, 6.45) is 10.3. The highest BCUT2D eigenvalue weighted by Crippen LogP contribution is 2.27. The van der Waals surface area contributed by atoms with Gasteiger partial charge in [-0.05, 0) is 49.9 Å². The molecule has 1 aromatic carbocycles. The Bertz CT molecular complexity index is 1270. The lowest BCUT2D eigenvalue weighted by molar-refractivity contribution is -0.800. The van der Waals surface area contributed by atoms with Gasteiger partial charge in [0.15, 0.2) is 0 Å². The molecule has 2 aromatic heterocycles. The molecule has 9 heteroatoms. The number of thioether (sulfide) groups is 1. The molecule has 0 spiro atoms. The zero-order chi connectivity index (χ0) is 28.3. The van der Waals surface area contributed by atoms with E-state index in [0.717, 1.165) is 46.5 Å². The summed E-state index contributed by atoms with van der Waals surface area (Å²) in [6, 6.07) is 14.5. The van der Waals surface area contributed by atoms with Crippen molar-refractivity contribution in [1.29, 1.82) is 0 Å². The zero-order valence-corrected chi connectivity index (χ0v) is 25.3. The largest absolute Gasteiger partial charge is 0.465 e. The average Bonchev–Trinajstić information content (AvgIpc) is 3.38. The fourth-order valence-electron chi connectivity index (χ4n) is 4.19. The van der Waals surface area contributed by atoms with Crippen molar-refractivity contribution in [2.75, 3.05) is 43.8 Å². The quantitative estimate of drug-likeness (QED) is 0.161. The molecular formula is C30H40N5O2S2+. The first kappa shape index (κ1) is 30.7. The molecule has 4 heterocycles. The molecule has 0 radical (unpaired) electrons. The van der Waals surface area contributed by atoms with Gasteiger partial charge in [0, 0.05) is 42.9 Å². The third-order valence-corrected chi connectivity index (χ3v) is 7.65. The Kier molecular flexibility index (Phi) is 11.9. The van der Waals surface area contributed by atoms with Crippen molar-refractivity contribution in [3.63, 3.8) is 0 Å². The number of carbonyl (C=O) groups excluding carboxylic acids is 1. The lowest BCUT2D eigenvalue weighted by Crippen LogP contribution is -2.42. The van der Waals surface area contributed by atoms with E-state index in [-0.39, 0.29) is 4.48 Å². The van der Waals surface area contributed by atoms with Gasteiger partial charge in [0.2, 0.25) is 5.95 Å². The molecule has 0 aliphatic carbocycles. The first-order valence-electron chi connectivity index (χ1n) is 13.0. The van der Waals surface area contributed by atoms with Crippen LogP contribution in [0.2, 0.25) is 0 Å². The SMILES string of the molecule is CC1=Cc2cnc(NCc3ccc(C)o3)nc2C[N+]1(C)C=O.CN1CCC=C(c2ccccc2)C1.CSCS. The van der Waals surface area contributed by atoms with Crippen LogP contribution in [0.1, 0.15) is 41.7 Å². The number of allylic oxidation sites excluding steroid dienone is 1. The maximum atomic E-state index is 11.4. The number of aromatic nitrogens is 2. The van der Waals surface area contributed by atoms with Crippen LogP contribution in [0.4, 0.5) is 5.95 Å². The number of quaternary nitrogens is 1. The van der Waals surface area contributed by atoms with Crippen molar-refractivity contribution in [3.8, 4) is 0 Å². The van der Waals surface area contributed by atoms with E-state index >= 15 is 0 Å². The van der Waals surface area contributed by atoms with Gasteiger partial charge < -0.3 is 14.6 Å². The van der Waals surface area contributed by atoms with E-state index < -0.39 is 0 Å². The fourth-order valence-corrected chi connectivity index (χ4v) is 4.19. The van der Waals surface area contributed by atoms with Gasteiger partial charge in [-0.1, -0.05) is 36.4 Å². The molecule has 39 heavy (non-hydrogen) atoms. The van der Waals surface area contributed by atoms with Gasteiger partial charge in [0.25, 0.3) is 0 Å². The van der Waals surface area contributed by atoms with Crippen molar-refractivity contribution in [2.24, 2.45) is 0 Å². The number of hydrogen-bond acceptors (Lipinski definition) is 8. The number of aryl methyl sites for hydroxylation is 1. The van der Waals surface area contributed by atoms with E-state index in [9.17, 15) is 4.79 Å². The number of carbonyl (C=O) groups is 1. The Morgan fingerprint density at radius 2 is 1.95 bits per heavy atom. The van der Waals surface area contributed by atoms with Crippen LogP contribution in [0.5, 0.6) is 0 Å². The molecule has 2 aliphatic heterocycles. The molecular weight excluding hydrogens is 526 g/mol. The summed E-state index contributed by atoms with van der Waals surface area (Å²) in [5.41, 5.74) is 5.66. The molecule has 0 fully saturated rings. The molecule has 208 valence electrons. The predicted molar refractivity (Wildman–Crippen MR) is 166 cm³/mol. The van der Waals surface area contributed by atoms with Crippen molar-refractivity contribution in [2.45, 2.75) is 33.4 Å². The normalized spacial score (nSPS) is 18.3. The Labute approximate surface area is 242 Å². The molecule has 7 nitrogen and oxygen atoms in total. The van der Waals surface area contributed by atoms with Crippen LogP contribution in [-0.4, -0.2) is 64.3 Å². The van der Waals surface area contributed by atoms with E-state index in [1.54, 1.807) is 18.0 Å². The summed E-state index contributed by atoms with van der Waals surface area (Å²) in [6.45, 7) is 7.20. The van der Waals surface area contributed by atoms with Crippen LogP contribution in [0.3, 0.4) is 0 Å². The van der Waals surface area contributed by atoms with Gasteiger partial charge >= 0.3 is 6.41 Å². The number of amides is 1. The van der Waals surface area contributed by atoms with Crippen molar-refractivity contribution in [3.05, 3.63) is 88.8 Å². The number of benzene rings is 1. The predicted octanol–water partition coefficient (Wildman–Crippen LogP) is 6.11. The summed E-state index contributed by atoms with van der Waals surface area (Å²) in [4.78, 5) is 22.6. The minimum absolute atomic E-state index is 0.223.